The first-order valence-corrected chi connectivity index (χ1v) is 14.5. The third-order valence-electron chi connectivity index (χ3n) is 8.49. The number of hydrogen-bond acceptors (Lipinski definition) is 9. The molecule has 3 aromatic rings. The van der Waals surface area contributed by atoms with Crippen LogP contribution in [-0.4, -0.2) is 93.4 Å². The summed E-state index contributed by atoms with van der Waals surface area (Å²) < 4.78 is 42.0. The standard InChI is InChI=1S/C30H34F3N9O2/c1-5-25(43)41-14-13-39(16-20(41)11-12-34)27-22-15-35-42(24-10-8-9-23(19(24)4)30(31,32)33)28(44)26(22)36-29(37-27)40-17-21(18-40)38(6-2)7-3/h5,8-10,15,20-21H,1,6-7,11,13-14,16-18H2,2-4H3. The molecule has 0 bridgehead atoms. The molecule has 2 aliphatic heterocycles. The van der Waals surface area contributed by atoms with Crippen molar-refractivity contribution in [2.45, 2.75) is 45.5 Å². The lowest BCUT2D eigenvalue weighted by Gasteiger charge is -2.45. The first kappa shape index (κ1) is 30.9. The molecule has 44 heavy (non-hydrogen) atoms. The largest absolute Gasteiger partial charge is 0.416 e. The van der Waals surface area contributed by atoms with Crippen LogP contribution in [0.15, 0.2) is 41.8 Å². The number of hydrogen-bond donors (Lipinski definition) is 0. The van der Waals surface area contributed by atoms with Crippen LogP contribution in [0.4, 0.5) is 24.9 Å². The van der Waals surface area contributed by atoms with Gasteiger partial charge in [-0.25, -0.2) is 4.98 Å². The fourth-order valence-electron chi connectivity index (χ4n) is 6.03. The summed E-state index contributed by atoms with van der Waals surface area (Å²) in [6.45, 7) is 13.1. The molecular formula is C30H34F3N9O2. The van der Waals surface area contributed by atoms with Gasteiger partial charge < -0.3 is 14.7 Å². The van der Waals surface area contributed by atoms with Crippen molar-refractivity contribution in [1.82, 2.24) is 29.5 Å². The van der Waals surface area contributed by atoms with E-state index in [9.17, 15) is 28.0 Å². The SMILES string of the molecule is C=CC(=O)N1CCN(c2nc(N3CC(N(CC)CC)C3)nc3c(=O)n(-c4cccc(C(F)(F)F)c4C)ncc23)CC1CC#N. The van der Waals surface area contributed by atoms with E-state index in [1.807, 2.05) is 9.80 Å². The molecular weight excluding hydrogens is 575 g/mol. The van der Waals surface area contributed by atoms with Crippen LogP contribution in [0.5, 0.6) is 0 Å². The Labute approximate surface area is 252 Å². The first-order chi connectivity index (χ1) is 21.0. The van der Waals surface area contributed by atoms with E-state index in [1.54, 1.807) is 4.90 Å². The number of rotatable bonds is 8. The smallest absolute Gasteiger partial charge is 0.352 e. The van der Waals surface area contributed by atoms with Crippen LogP contribution < -0.4 is 15.4 Å². The van der Waals surface area contributed by atoms with Crippen molar-refractivity contribution < 1.29 is 18.0 Å². The van der Waals surface area contributed by atoms with Crippen molar-refractivity contribution >= 4 is 28.6 Å². The highest BCUT2D eigenvalue weighted by molar-refractivity contribution is 5.90. The summed E-state index contributed by atoms with van der Waals surface area (Å²) in [6.07, 6.45) is -1.90. The number of aromatic nitrogens is 4. The number of amides is 1. The van der Waals surface area contributed by atoms with Crippen LogP contribution in [-0.2, 0) is 11.0 Å². The molecule has 0 N–H and O–H groups in total. The van der Waals surface area contributed by atoms with Gasteiger partial charge >= 0.3 is 6.18 Å². The highest BCUT2D eigenvalue weighted by Crippen LogP contribution is 2.34. The van der Waals surface area contributed by atoms with E-state index in [1.165, 1.54) is 31.3 Å². The quantitative estimate of drug-likeness (QED) is 0.356. The van der Waals surface area contributed by atoms with Crippen LogP contribution in [0.1, 0.15) is 31.4 Å². The minimum Gasteiger partial charge on any atom is -0.352 e. The van der Waals surface area contributed by atoms with Crippen LogP contribution >= 0.6 is 0 Å². The monoisotopic (exact) mass is 609 g/mol. The normalized spacial score (nSPS) is 17.6. The van der Waals surface area contributed by atoms with Crippen molar-refractivity contribution in [1.29, 1.82) is 5.26 Å². The fourth-order valence-corrected chi connectivity index (χ4v) is 6.03. The summed E-state index contributed by atoms with van der Waals surface area (Å²) in [6, 6.07) is 5.62. The molecule has 4 heterocycles. The van der Waals surface area contributed by atoms with Crippen LogP contribution in [0.25, 0.3) is 16.6 Å². The molecule has 0 radical (unpaired) electrons. The van der Waals surface area contributed by atoms with Gasteiger partial charge in [0.05, 0.1) is 41.4 Å². The Morgan fingerprint density at radius 1 is 1.16 bits per heavy atom. The molecule has 2 fully saturated rings. The van der Waals surface area contributed by atoms with Crippen molar-refractivity contribution in [3.05, 3.63) is 58.5 Å². The molecule has 0 spiro atoms. The summed E-state index contributed by atoms with van der Waals surface area (Å²) in [7, 11) is 0. The molecule has 14 heteroatoms. The molecule has 2 aliphatic rings. The Kier molecular flexibility index (Phi) is 8.60. The molecule has 1 unspecified atom stereocenters. The van der Waals surface area contributed by atoms with Gasteiger partial charge in [0.25, 0.3) is 5.56 Å². The predicted octanol–water partition coefficient (Wildman–Crippen LogP) is 3.15. The van der Waals surface area contributed by atoms with Gasteiger partial charge in [-0.1, -0.05) is 26.5 Å². The number of alkyl halides is 3. The molecule has 0 aliphatic carbocycles. The average molecular weight is 610 g/mol. The number of nitriles is 1. The Morgan fingerprint density at radius 3 is 2.52 bits per heavy atom. The van der Waals surface area contributed by atoms with E-state index in [0.717, 1.165) is 23.8 Å². The predicted molar refractivity (Wildman–Crippen MR) is 160 cm³/mol. The lowest BCUT2D eigenvalue weighted by molar-refractivity contribution is -0.138. The van der Waals surface area contributed by atoms with Gasteiger partial charge in [0.15, 0.2) is 0 Å². The number of halogens is 3. The van der Waals surface area contributed by atoms with Gasteiger partial charge in [-0.3, -0.25) is 14.5 Å². The van der Waals surface area contributed by atoms with Gasteiger partial charge in [0, 0.05) is 38.8 Å². The number of nitrogens with zero attached hydrogens (tertiary/aromatic N) is 9. The Bertz CT molecular complexity index is 1670. The van der Waals surface area contributed by atoms with Gasteiger partial charge in [-0.15, -0.1) is 0 Å². The topological polar surface area (TPSA) is 114 Å². The summed E-state index contributed by atoms with van der Waals surface area (Å²) in [5.74, 6) is 0.470. The first-order valence-electron chi connectivity index (χ1n) is 14.5. The zero-order valence-electron chi connectivity index (χ0n) is 24.9. The molecule has 1 atom stereocenters. The summed E-state index contributed by atoms with van der Waals surface area (Å²) >= 11 is 0. The van der Waals surface area contributed by atoms with Gasteiger partial charge in [-0.05, 0) is 43.8 Å². The molecule has 1 amide bonds. The maximum absolute atomic E-state index is 13.9. The summed E-state index contributed by atoms with van der Waals surface area (Å²) in [5.41, 5.74) is -1.64. The second kappa shape index (κ2) is 12.2. The number of likely N-dealkylation sites (N-methyl/N-ethyl adjacent to an activating group) is 1. The number of anilines is 2. The van der Waals surface area contributed by atoms with E-state index in [2.05, 4.69) is 41.5 Å². The van der Waals surface area contributed by atoms with E-state index in [-0.39, 0.29) is 35.6 Å². The van der Waals surface area contributed by atoms with Crippen molar-refractivity contribution in [3.8, 4) is 11.8 Å². The number of carbonyl (C=O) groups is 1. The number of benzene rings is 1. The highest BCUT2D eigenvalue weighted by atomic mass is 19.4. The maximum atomic E-state index is 13.9. The van der Waals surface area contributed by atoms with Crippen LogP contribution in [0, 0.1) is 18.3 Å². The molecule has 5 rings (SSSR count). The second-order valence-electron chi connectivity index (χ2n) is 10.9. The Morgan fingerprint density at radius 2 is 1.89 bits per heavy atom. The number of fused-ring (bicyclic) bond motifs is 1. The second-order valence-corrected chi connectivity index (χ2v) is 10.9. The zero-order chi connectivity index (χ0) is 31.8. The Hall–Kier alpha value is -4.51. The van der Waals surface area contributed by atoms with E-state index < -0.39 is 23.3 Å². The Balaban J connectivity index is 1.62. The summed E-state index contributed by atoms with van der Waals surface area (Å²) in [4.78, 5) is 43.7. The van der Waals surface area contributed by atoms with Gasteiger partial charge in [0.1, 0.15) is 11.3 Å². The zero-order valence-corrected chi connectivity index (χ0v) is 24.9. The minimum atomic E-state index is -4.60. The van der Waals surface area contributed by atoms with Gasteiger partial charge in [0.2, 0.25) is 11.9 Å². The maximum Gasteiger partial charge on any atom is 0.416 e. The fraction of sp³-hybridized carbons (Fsp3) is 0.467. The lowest BCUT2D eigenvalue weighted by Crippen LogP contribution is -2.60. The molecule has 1 aromatic carbocycles. The lowest BCUT2D eigenvalue weighted by atomic mass is 10.1. The average Bonchev–Trinajstić information content (AvgIpc) is 2.98. The van der Waals surface area contributed by atoms with Crippen LogP contribution in [0.3, 0.4) is 0 Å². The molecule has 11 nitrogen and oxygen atoms in total. The molecule has 2 saturated heterocycles. The third-order valence-corrected chi connectivity index (χ3v) is 8.49. The van der Waals surface area contributed by atoms with Crippen molar-refractivity contribution in [3.63, 3.8) is 0 Å². The van der Waals surface area contributed by atoms with Gasteiger partial charge in [-0.2, -0.15) is 33.2 Å². The van der Waals surface area contributed by atoms with E-state index in [4.69, 9.17) is 4.98 Å². The minimum absolute atomic E-state index is 0.00428. The highest BCUT2D eigenvalue weighted by Gasteiger charge is 2.36. The van der Waals surface area contributed by atoms with E-state index >= 15 is 0 Å². The van der Waals surface area contributed by atoms with E-state index in [0.29, 0.717) is 49.4 Å². The molecule has 0 saturated carbocycles. The molecule has 232 valence electrons. The number of carbonyl (C=O) groups excluding carboxylic acids is 1. The molecule has 2 aromatic heterocycles. The van der Waals surface area contributed by atoms with Crippen molar-refractivity contribution in [2.24, 2.45) is 0 Å². The number of piperazine rings is 1. The van der Waals surface area contributed by atoms with Crippen molar-refractivity contribution in [2.75, 3.05) is 55.6 Å². The summed E-state index contributed by atoms with van der Waals surface area (Å²) in [5, 5.41) is 14.1. The van der Waals surface area contributed by atoms with Crippen LogP contribution in [0.2, 0.25) is 0 Å². The third kappa shape index (κ3) is 5.59.